The normalized spacial score (nSPS) is 21.2. The second-order valence-electron chi connectivity index (χ2n) is 7.94. The van der Waals surface area contributed by atoms with Gasteiger partial charge in [-0.25, -0.2) is 4.79 Å². The number of aromatic hydroxyl groups is 1. The fourth-order valence-electron chi connectivity index (χ4n) is 4.23. The quantitative estimate of drug-likeness (QED) is 0.830. The largest absolute Gasteiger partial charge is 0.508 e. The zero-order chi connectivity index (χ0) is 19.2. The van der Waals surface area contributed by atoms with Crippen molar-refractivity contribution < 1.29 is 9.90 Å². The number of phenols is 1. The third-order valence-electron chi connectivity index (χ3n) is 6.14. The summed E-state index contributed by atoms with van der Waals surface area (Å²) in [6.45, 7) is 8.86. The Hall–Kier alpha value is -1.79. The predicted octanol–water partition coefficient (Wildman–Crippen LogP) is 2.31. The topological polar surface area (TPSA) is 59.1 Å². The van der Waals surface area contributed by atoms with Crippen LogP contribution in [0.1, 0.15) is 37.7 Å². The summed E-state index contributed by atoms with van der Waals surface area (Å²) >= 11 is 0. The molecule has 150 valence electrons. The van der Waals surface area contributed by atoms with Crippen LogP contribution in [0.25, 0.3) is 0 Å². The number of hydrogen-bond acceptors (Lipinski definition) is 4. The molecule has 0 saturated carbocycles. The molecule has 3 rings (SSSR count). The summed E-state index contributed by atoms with van der Waals surface area (Å²) in [7, 11) is 2.17. The number of nitrogens with one attached hydrogen (secondary N) is 1. The lowest BCUT2D eigenvalue weighted by molar-refractivity contribution is 0.107. The minimum atomic E-state index is 0.0666. The third-order valence-corrected chi connectivity index (χ3v) is 6.14. The minimum Gasteiger partial charge on any atom is -0.508 e. The molecule has 0 spiro atoms. The second-order valence-corrected chi connectivity index (χ2v) is 7.94. The molecule has 2 N–H and O–H groups in total. The van der Waals surface area contributed by atoms with Crippen molar-refractivity contribution in [2.24, 2.45) is 0 Å². The molecular formula is C21H34N4O2. The number of benzene rings is 1. The van der Waals surface area contributed by atoms with Crippen LogP contribution in [0, 0.1) is 0 Å². The number of carbonyl (C=O) groups is 1. The van der Waals surface area contributed by atoms with E-state index in [9.17, 15) is 9.90 Å². The highest BCUT2D eigenvalue weighted by Gasteiger charge is 2.26. The van der Waals surface area contributed by atoms with Gasteiger partial charge in [0.15, 0.2) is 0 Å². The monoisotopic (exact) mass is 374 g/mol. The number of amides is 2. The summed E-state index contributed by atoms with van der Waals surface area (Å²) in [5.41, 5.74) is 1.18. The number of hydrogen-bond donors (Lipinski definition) is 2. The van der Waals surface area contributed by atoms with E-state index in [1.54, 1.807) is 6.07 Å². The Morgan fingerprint density at radius 3 is 2.52 bits per heavy atom. The highest BCUT2D eigenvalue weighted by atomic mass is 16.3. The Kier molecular flexibility index (Phi) is 6.96. The van der Waals surface area contributed by atoms with Crippen LogP contribution >= 0.6 is 0 Å². The number of piperidine rings is 1. The van der Waals surface area contributed by atoms with E-state index in [4.69, 9.17) is 0 Å². The zero-order valence-electron chi connectivity index (χ0n) is 16.7. The standard InChI is InChI=1S/C21H34N4O2/c1-3-19(24-13-11-23(2)12-14-24)16-22-21(27)25-9-7-17(8-10-25)18-5-4-6-20(26)15-18/h4-6,15,17,19,26H,3,7-14,16H2,1-2H3,(H,22,27)/t19-/m0/s1. The van der Waals surface area contributed by atoms with Crippen LogP contribution in [0.3, 0.4) is 0 Å². The van der Waals surface area contributed by atoms with Gasteiger partial charge in [0.05, 0.1) is 0 Å². The van der Waals surface area contributed by atoms with Gasteiger partial charge in [-0.05, 0) is 49.9 Å². The fourth-order valence-corrected chi connectivity index (χ4v) is 4.23. The number of rotatable bonds is 5. The lowest BCUT2D eigenvalue weighted by Gasteiger charge is -2.38. The molecule has 1 aromatic rings. The van der Waals surface area contributed by atoms with Gasteiger partial charge in [-0.3, -0.25) is 4.90 Å². The first-order valence-corrected chi connectivity index (χ1v) is 10.3. The van der Waals surface area contributed by atoms with Crippen LogP contribution in [0.4, 0.5) is 4.79 Å². The van der Waals surface area contributed by atoms with E-state index in [2.05, 4.69) is 35.2 Å². The van der Waals surface area contributed by atoms with E-state index in [-0.39, 0.29) is 6.03 Å². The lowest BCUT2D eigenvalue weighted by atomic mass is 9.89. The van der Waals surface area contributed by atoms with Crippen LogP contribution in [-0.4, -0.2) is 84.7 Å². The molecule has 6 heteroatoms. The molecule has 2 fully saturated rings. The second kappa shape index (κ2) is 9.42. The van der Waals surface area contributed by atoms with Crippen molar-refractivity contribution in [1.82, 2.24) is 20.0 Å². The van der Waals surface area contributed by atoms with E-state index in [1.165, 1.54) is 5.56 Å². The summed E-state index contributed by atoms with van der Waals surface area (Å²) in [6, 6.07) is 8.01. The zero-order valence-corrected chi connectivity index (χ0v) is 16.7. The molecular weight excluding hydrogens is 340 g/mol. The highest BCUT2D eigenvalue weighted by Crippen LogP contribution is 2.29. The Morgan fingerprint density at radius 1 is 1.19 bits per heavy atom. The molecule has 0 aromatic heterocycles. The molecule has 2 amide bonds. The van der Waals surface area contributed by atoms with Crippen molar-refractivity contribution in [3.63, 3.8) is 0 Å². The number of piperazine rings is 1. The summed E-state index contributed by atoms with van der Waals surface area (Å²) in [5, 5.41) is 12.8. The predicted molar refractivity (Wildman–Crippen MR) is 108 cm³/mol. The Morgan fingerprint density at radius 2 is 1.89 bits per heavy atom. The fraction of sp³-hybridized carbons (Fsp3) is 0.667. The molecule has 2 heterocycles. The molecule has 27 heavy (non-hydrogen) atoms. The molecule has 1 atom stereocenters. The van der Waals surface area contributed by atoms with Crippen molar-refractivity contribution in [2.75, 3.05) is 52.9 Å². The molecule has 0 radical (unpaired) electrons. The molecule has 0 bridgehead atoms. The summed E-state index contributed by atoms with van der Waals surface area (Å²) in [6.07, 6.45) is 2.96. The first kappa shape index (κ1) is 20.0. The van der Waals surface area contributed by atoms with Crippen LogP contribution in [0.2, 0.25) is 0 Å². The van der Waals surface area contributed by atoms with Gasteiger partial charge in [-0.1, -0.05) is 19.1 Å². The third kappa shape index (κ3) is 5.36. The van der Waals surface area contributed by atoms with Gasteiger partial charge in [0.2, 0.25) is 0 Å². The number of carbonyl (C=O) groups excluding carboxylic acids is 1. The van der Waals surface area contributed by atoms with Gasteiger partial charge >= 0.3 is 6.03 Å². The molecule has 2 aliphatic rings. The average Bonchev–Trinajstić information content (AvgIpc) is 2.69. The SMILES string of the molecule is CC[C@@H](CNC(=O)N1CCC(c2cccc(O)c2)CC1)N1CCN(C)CC1. The van der Waals surface area contributed by atoms with Crippen LogP contribution in [0.15, 0.2) is 24.3 Å². The number of likely N-dealkylation sites (tertiary alicyclic amines) is 1. The minimum absolute atomic E-state index is 0.0666. The van der Waals surface area contributed by atoms with E-state index < -0.39 is 0 Å². The summed E-state index contributed by atoms with van der Waals surface area (Å²) in [5.74, 6) is 0.747. The van der Waals surface area contributed by atoms with Gasteiger partial charge in [-0.15, -0.1) is 0 Å². The van der Waals surface area contributed by atoms with Gasteiger partial charge in [-0.2, -0.15) is 0 Å². The maximum Gasteiger partial charge on any atom is 0.317 e. The van der Waals surface area contributed by atoms with Crippen molar-refractivity contribution in [3.8, 4) is 5.75 Å². The Labute approximate surface area is 163 Å². The summed E-state index contributed by atoms with van der Waals surface area (Å²) < 4.78 is 0. The molecule has 6 nitrogen and oxygen atoms in total. The number of urea groups is 1. The Balaban J connectivity index is 1.43. The number of phenolic OH excluding ortho intramolecular Hbond substituents is 1. The first-order chi connectivity index (χ1) is 13.1. The van der Waals surface area contributed by atoms with E-state index >= 15 is 0 Å². The lowest BCUT2D eigenvalue weighted by Crippen LogP contribution is -2.53. The van der Waals surface area contributed by atoms with Crippen LogP contribution in [0.5, 0.6) is 5.75 Å². The molecule has 2 saturated heterocycles. The van der Waals surface area contributed by atoms with Crippen molar-refractivity contribution in [3.05, 3.63) is 29.8 Å². The molecule has 1 aromatic carbocycles. The van der Waals surface area contributed by atoms with Gasteiger partial charge in [0, 0.05) is 51.9 Å². The van der Waals surface area contributed by atoms with Crippen LogP contribution in [-0.2, 0) is 0 Å². The van der Waals surface area contributed by atoms with Gasteiger partial charge in [0.1, 0.15) is 5.75 Å². The molecule has 0 unspecified atom stereocenters. The highest BCUT2D eigenvalue weighted by molar-refractivity contribution is 5.74. The van der Waals surface area contributed by atoms with Gasteiger partial charge in [0.25, 0.3) is 0 Å². The van der Waals surface area contributed by atoms with Crippen molar-refractivity contribution in [2.45, 2.75) is 38.1 Å². The van der Waals surface area contributed by atoms with E-state index in [0.29, 0.717) is 17.7 Å². The van der Waals surface area contributed by atoms with E-state index in [0.717, 1.165) is 65.1 Å². The molecule has 0 aliphatic carbocycles. The van der Waals surface area contributed by atoms with Crippen molar-refractivity contribution >= 4 is 6.03 Å². The van der Waals surface area contributed by atoms with Crippen LogP contribution < -0.4 is 5.32 Å². The number of nitrogens with zero attached hydrogens (tertiary/aromatic N) is 3. The van der Waals surface area contributed by atoms with Crippen molar-refractivity contribution in [1.29, 1.82) is 0 Å². The number of likely N-dealkylation sites (N-methyl/N-ethyl adjacent to an activating group) is 1. The van der Waals surface area contributed by atoms with Gasteiger partial charge < -0.3 is 20.2 Å². The maximum absolute atomic E-state index is 12.6. The Bertz CT molecular complexity index is 608. The van der Waals surface area contributed by atoms with E-state index in [1.807, 2.05) is 17.0 Å². The smallest absolute Gasteiger partial charge is 0.317 e. The summed E-state index contributed by atoms with van der Waals surface area (Å²) in [4.78, 5) is 19.4. The first-order valence-electron chi connectivity index (χ1n) is 10.3. The maximum atomic E-state index is 12.6. The average molecular weight is 375 g/mol. The molecule has 2 aliphatic heterocycles.